The first-order valence-electron chi connectivity index (χ1n) is 9.05. The van der Waals surface area contributed by atoms with Gasteiger partial charge in [-0.05, 0) is 30.2 Å². The number of carbonyl (C=O) groups excluding carboxylic acids is 1. The van der Waals surface area contributed by atoms with Crippen molar-refractivity contribution in [1.29, 1.82) is 0 Å². The molecule has 1 amide bonds. The average Bonchev–Trinajstić information content (AvgIpc) is 2.75. The highest BCUT2D eigenvalue weighted by Gasteiger charge is 2.24. The Morgan fingerprint density at radius 2 is 1.72 bits per heavy atom. The third-order valence-corrected chi connectivity index (χ3v) is 4.68. The number of non-ortho nitro benzene ring substituents is 1. The number of nitro benzene ring substituents is 1. The summed E-state index contributed by atoms with van der Waals surface area (Å²) >= 11 is 6.09. The second-order valence-electron chi connectivity index (χ2n) is 6.54. The summed E-state index contributed by atoms with van der Waals surface area (Å²) in [6.07, 6.45) is 0.979. The van der Waals surface area contributed by atoms with Gasteiger partial charge in [0.1, 0.15) is 6.33 Å². The van der Waals surface area contributed by atoms with Gasteiger partial charge in [0.2, 0.25) is 17.5 Å². The van der Waals surface area contributed by atoms with Gasteiger partial charge in [0.05, 0.1) is 16.3 Å². The van der Waals surface area contributed by atoms with Crippen molar-refractivity contribution in [3.8, 4) is 0 Å². The second-order valence-corrected chi connectivity index (χ2v) is 6.95. The lowest BCUT2D eigenvalue weighted by Crippen LogP contribution is -2.31. The van der Waals surface area contributed by atoms with Crippen molar-refractivity contribution < 1.29 is 14.6 Å². The zero-order chi connectivity index (χ0) is 23.3. The first-order valence-corrected chi connectivity index (χ1v) is 9.43. The molecule has 164 valence electrons. The molecule has 0 bridgehead atoms. The average molecular weight is 458 g/mol. The Hall–Kier alpha value is -4.32. The number of nitrogens with one attached hydrogen (secondary N) is 3. The van der Waals surface area contributed by atoms with Gasteiger partial charge in [-0.1, -0.05) is 29.8 Å². The molecule has 32 heavy (non-hydrogen) atoms. The summed E-state index contributed by atoms with van der Waals surface area (Å²) in [7, 11) is 0. The molecule has 0 radical (unpaired) electrons. The van der Waals surface area contributed by atoms with Gasteiger partial charge in [0, 0.05) is 22.8 Å². The molecule has 0 spiro atoms. The lowest BCUT2D eigenvalue weighted by Gasteiger charge is -2.11. The Balaban J connectivity index is 1.72. The number of nitro groups is 2. The summed E-state index contributed by atoms with van der Waals surface area (Å²) in [5.74, 6) is -0.869. The molecule has 3 aromatic rings. The molecule has 0 saturated heterocycles. The van der Waals surface area contributed by atoms with E-state index in [9.17, 15) is 25.0 Å². The van der Waals surface area contributed by atoms with E-state index in [4.69, 9.17) is 11.6 Å². The highest BCUT2D eigenvalue weighted by Crippen LogP contribution is 2.31. The van der Waals surface area contributed by atoms with E-state index in [-0.39, 0.29) is 23.7 Å². The lowest BCUT2D eigenvalue weighted by atomic mass is 10.1. The van der Waals surface area contributed by atoms with Crippen LogP contribution in [0.5, 0.6) is 0 Å². The fraction of sp³-hybridized carbons (Fsp3) is 0.105. The molecule has 13 heteroatoms. The van der Waals surface area contributed by atoms with Crippen LogP contribution in [0, 0.1) is 27.2 Å². The number of benzene rings is 2. The van der Waals surface area contributed by atoms with Crippen LogP contribution in [-0.2, 0) is 11.2 Å². The Bertz CT molecular complexity index is 1190. The van der Waals surface area contributed by atoms with E-state index in [1.165, 1.54) is 24.3 Å². The van der Waals surface area contributed by atoms with E-state index < -0.39 is 21.4 Å². The zero-order valence-corrected chi connectivity index (χ0v) is 17.3. The number of carbonyl (C=O) groups is 1. The number of aromatic nitrogens is 2. The number of nitrogens with zero attached hydrogens (tertiary/aromatic N) is 4. The molecule has 0 atom stereocenters. The van der Waals surface area contributed by atoms with Crippen LogP contribution in [-0.4, -0.2) is 25.7 Å². The van der Waals surface area contributed by atoms with Gasteiger partial charge in [0.15, 0.2) is 0 Å². The Kier molecular flexibility index (Phi) is 6.75. The van der Waals surface area contributed by atoms with Crippen molar-refractivity contribution in [3.05, 3.63) is 85.2 Å². The predicted octanol–water partition coefficient (Wildman–Crippen LogP) is 3.68. The van der Waals surface area contributed by atoms with E-state index in [2.05, 4.69) is 26.1 Å². The Morgan fingerprint density at radius 1 is 1.03 bits per heavy atom. The molecule has 0 aliphatic rings. The number of hydrogen-bond acceptors (Lipinski definition) is 9. The van der Waals surface area contributed by atoms with Crippen molar-refractivity contribution in [1.82, 2.24) is 15.4 Å². The topological polar surface area (TPSA) is 165 Å². The minimum Gasteiger partial charge on any atom is -0.334 e. The highest BCUT2D eigenvalue weighted by molar-refractivity contribution is 6.31. The van der Waals surface area contributed by atoms with Gasteiger partial charge >= 0.3 is 5.69 Å². The molecule has 0 fully saturated rings. The summed E-state index contributed by atoms with van der Waals surface area (Å²) in [6.45, 7) is 1.82. The van der Waals surface area contributed by atoms with Gasteiger partial charge in [-0.3, -0.25) is 35.9 Å². The molecule has 0 unspecified atom stereocenters. The van der Waals surface area contributed by atoms with Crippen molar-refractivity contribution in [2.24, 2.45) is 0 Å². The van der Waals surface area contributed by atoms with E-state index in [0.717, 1.165) is 11.9 Å². The van der Waals surface area contributed by atoms with Gasteiger partial charge in [0.25, 0.3) is 5.69 Å². The lowest BCUT2D eigenvalue weighted by molar-refractivity contribution is -0.384. The number of halogens is 1. The molecular formula is C19H16ClN7O5. The largest absolute Gasteiger partial charge is 0.355 e. The molecule has 0 aliphatic carbocycles. The van der Waals surface area contributed by atoms with Crippen LogP contribution in [0.2, 0.25) is 5.02 Å². The molecule has 0 saturated carbocycles. The normalized spacial score (nSPS) is 10.3. The number of hydrogen-bond donors (Lipinski definition) is 3. The van der Waals surface area contributed by atoms with Crippen molar-refractivity contribution in [3.63, 3.8) is 0 Å². The molecule has 2 aromatic carbocycles. The van der Waals surface area contributed by atoms with Crippen LogP contribution in [0.15, 0.2) is 48.8 Å². The summed E-state index contributed by atoms with van der Waals surface area (Å²) in [5, 5.41) is 25.6. The number of hydrazine groups is 1. The van der Waals surface area contributed by atoms with E-state index >= 15 is 0 Å². The van der Waals surface area contributed by atoms with E-state index in [1.54, 1.807) is 18.2 Å². The fourth-order valence-electron chi connectivity index (χ4n) is 2.64. The second kappa shape index (κ2) is 9.66. The third kappa shape index (κ3) is 5.43. The number of aryl methyl sites for hydroxylation is 1. The summed E-state index contributed by atoms with van der Waals surface area (Å²) < 4.78 is 0. The van der Waals surface area contributed by atoms with Gasteiger partial charge < -0.3 is 5.32 Å². The smallest absolute Gasteiger partial charge is 0.334 e. The maximum atomic E-state index is 12.2. The van der Waals surface area contributed by atoms with Crippen LogP contribution in [0.1, 0.15) is 11.1 Å². The highest BCUT2D eigenvalue weighted by atomic mass is 35.5. The van der Waals surface area contributed by atoms with Crippen LogP contribution in [0.4, 0.5) is 28.7 Å². The molecule has 1 heterocycles. The first-order chi connectivity index (χ1) is 15.2. The van der Waals surface area contributed by atoms with Crippen molar-refractivity contribution in [2.45, 2.75) is 13.3 Å². The Labute approximate surface area is 185 Å². The monoisotopic (exact) mass is 457 g/mol. The summed E-state index contributed by atoms with van der Waals surface area (Å²) in [4.78, 5) is 41.0. The zero-order valence-electron chi connectivity index (χ0n) is 16.5. The standard InChI is InChI=1S/C19H16ClN7O5/c1-11-2-5-13(9-15(11)20)23-18-17(27(31)32)19(22-10-21-18)25-24-16(28)8-12-3-6-14(7-4-12)26(29)30/h2-7,9-10H,8H2,1H3,(H,24,28)(H2,21,22,23,25). The van der Waals surface area contributed by atoms with Crippen molar-refractivity contribution in [2.75, 3.05) is 10.7 Å². The SMILES string of the molecule is Cc1ccc(Nc2ncnc(NNC(=O)Cc3ccc([N+](=O)[O-])cc3)c2[N+](=O)[O-])cc1Cl. The number of amides is 1. The number of anilines is 3. The summed E-state index contributed by atoms with van der Waals surface area (Å²) in [5.41, 5.74) is 6.00. The molecule has 1 aromatic heterocycles. The Morgan fingerprint density at radius 3 is 2.34 bits per heavy atom. The fourth-order valence-corrected chi connectivity index (χ4v) is 2.82. The minimum atomic E-state index is -0.692. The molecule has 0 aliphatic heterocycles. The first kappa shape index (κ1) is 22.4. The number of rotatable bonds is 8. The summed E-state index contributed by atoms with van der Waals surface area (Å²) in [6, 6.07) is 10.5. The third-order valence-electron chi connectivity index (χ3n) is 4.27. The molecule has 12 nitrogen and oxygen atoms in total. The maximum absolute atomic E-state index is 12.2. The molecule has 3 rings (SSSR count). The van der Waals surface area contributed by atoms with E-state index in [1.807, 2.05) is 6.92 Å². The quantitative estimate of drug-likeness (QED) is 0.337. The van der Waals surface area contributed by atoms with Gasteiger partial charge in [-0.2, -0.15) is 0 Å². The van der Waals surface area contributed by atoms with Crippen LogP contribution in [0.3, 0.4) is 0 Å². The maximum Gasteiger partial charge on any atom is 0.355 e. The van der Waals surface area contributed by atoms with Crippen LogP contribution >= 0.6 is 11.6 Å². The molecular weight excluding hydrogens is 442 g/mol. The van der Waals surface area contributed by atoms with Crippen LogP contribution in [0.25, 0.3) is 0 Å². The van der Waals surface area contributed by atoms with Crippen molar-refractivity contribution >= 4 is 46.2 Å². The van der Waals surface area contributed by atoms with Crippen LogP contribution < -0.4 is 16.2 Å². The predicted molar refractivity (Wildman–Crippen MR) is 117 cm³/mol. The molecule has 3 N–H and O–H groups in total. The van der Waals surface area contributed by atoms with Gasteiger partial charge in [-0.15, -0.1) is 0 Å². The van der Waals surface area contributed by atoms with Gasteiger partial charge in [-0.25, -0.2) is 9.97 Å². The minimum absolute atomic E-state index is 0.0983. The van der Waals surface area contributed by atoms with E-state index in [0.29, 0.717) is 16.3 Å².